The SMILES string of the molecule is CN=C(NCc1ccc(N2CCOCC2)cc1C(F)(F)F)NCC(C)C.I. The standard InChI is InChI=1S/C18H27F3N4O.HI/c1-13(2)11-23-17(22-3)24-12-14-4-5-15(10-16(14)18(19,20)21)25-6-8-26-9-7-25;/h4-5,10,13H,6-9,11-12H2,1-3H3,(H2,22,23,24);1H. The number of anilines is 1. The van der Waals surface area contributed by atoms with Gasteiger partial charge in [0.25, 0.3) is 0 Å². The Morgan fingerprint density at radius 3 is 2.44 bits per heavy atom. The van der Waals surface area contributed by atoms with Crippen LogP contribution in [-0.2, 0) is 17.5 Å². The first-order valence-electron chi connectivity index (χ1n) is 8.78. The van der Waals surface area contributed by atoms with E-state index in [0.717, 1.165) is 0 Å². The predicted molar refractivity (Wildman–Crippen MR) is 113 cm³/mol. The van der Waals surface area contributed by atoms with Crippen LogP contribution in [0.4, 0.5) is 18.9 Å². The van der Waals surface area contributed by atoms with Crippen molar-refractivity contribution in [3.63, 3.8) is 0 Å². The quantitative estimate of drug-likeness (QED) is 0.370. The van der Waals surface area contributed by atoms with Gasteiger partial charge < -0.3 is 20.3 Å². The first-order chi connectivity index (χ1) is 12.3. The highest BCUT2D eigenvalue weighted by atomic mass is 127. The van der Waals surface area contributed by atoms with Crippen LogP contribution in [0.2, 0.25) is 0 Å². The number of benzene rings is 1. The number of morpholine rings is 1. The average molecular weight is 500 g/mol. The highest BCUT2D eigenvalue weighted by Crippen LogP contribution is 2.35. The number of aliphatic imine (C=N–C) groups is 1. The van der Waals surface area contributed by atoms with Gasteiger partial charge in [-0.25, -0.2) is 0 Å². The lowest BCUT2D eigenvalue weighted by Crippen LogP contribution is -2.39. The summed E-state index contributed by atoms with van der Waals surface area (Å²) < 4.78 is 45.9. The van der Waals surface area contributed by atoms with E-state index in [9.17, 15) is 13.2 Å². The van der Waals surface area contributed by atoms with Gasteiger partial charge in [0, 0.05) is 38.9 Å². The van der Waals surface area contributed by atoms with E-state index in [2.05, 4.69) is 15.6 Å². The van der Waals surface area contributed by atoms with Gasteiger partial charge in [-0.3, -0.25) is 4.99 Å². The largest absolute Gasteiger partial charge is 0.416 e. The fraction of sp³-hybridized carbons (Fsp3) is 0.611. The molecule has 154 valence electrons. The van der Waals surface area contributed by atoms with Crippen molar-refractivity contribution in [1.82, 2.24) is 10.6 Å². The molecule has 0 atom stereocenters. The fourth-order valence-corrected chi connectivity index (χ4v) is 2.70. The molecule has 0 amide bonds. The van der Waals surface area contributed by atoms with Gasteiger partial charge in [-0.2, -0.15) is 13.2 Å². The number of nitrogens with zero attached hydrogens (tertiary/aromatic N) is 2. The summed E-state index contributed by atoms with van der Waals surface area (Å²) >= 11 is 0. The van der Waals surface area contributed by atoms with Gasteiger partial charge in [-0.05, 0) is 23.6 Å². The molecule has 0 unspecified atom stereocenters. The lowest BCUT2D eigenvalue weighted by atomic mass is 10.0. The molecule has 2 rings (SSSR count). The maximum atomic E-state index is 13.5. The maximum absolute atomic E-state index is 13.5. The van der Waals surface area contributed by atoms with Crippen molar-refractivity contribution in [2.45, 2.75) is 26.6 Å². The van der Waals surface area contributed by atoms with Crippen molar-refractivity contribution in [2.75, 3.05) is 44.8 Å². The normalized spacial score (nSPS) is 15.5. The summed E-state index contributed by atoms with van der Waals surface area (Å²) in [5, 5.41) is 6.05. The molecule has 1 fully saturated rings. The second-order valence-electron chi connectivity index (χ2n) is 6.64. The Bertz CT molecular complexity index is 617. The summed E-state index contributed by atoms with van der Waals surface area (Å²) in [7, 11) is 1.60. The average Bonchev–Trinajstić information content (AvgIpc) is 2.61. The Morgan fingerprint density at radius 1 is 1.22 bits per heavy atom. The lowest BCUT2D eigenvalue weighted by Gasteiger charge is -2.29. The summed E-state index contributed by atoms with van der Waals surface area (Å²) in [4.78, 5) is 5.96. The van der Waals surface area contributed by atoms with E-state index in [0.29, 0.717) is 50.4 Å². The van der Waals surface area contributed by atoms with Crippen LogP contribution in [0, 0.1) is 5.92 Å². The minimum absolute atomic E-state index is 0. The van der Waals surface area contributed by atoms with Crippen molar-refractivity contribution in [3.05, 3.63) is 29.3 Å². The van der Waals surface area contributed by atoms with Gasteiger partial charge >= 0.3 is 6.18 Å². The van der Waals surface area contributed by atoms with E-state index in [4.69, 9.17) is 4.74 Å². The second kappa shape index (κ2) is 10.9. The van der Waals surface area contributed by atoms with Crippen molar-refractivity contribution in [2.24, 2.45) is 10.9 Å². The number of nitrogens with one attached hydrogen (secondary N) is 2. The van der Waals surface area contributed by atoms with Gasteiger partial charge in [-0.1, -0.05) is 19.9 Å². The number of ether oxygens (including phenoxy) is 1. The van der Waals surface area contributed by atoms with Gasteiger partial charge in [0.1, 0.15) is 0 Å². The smallest absolute Gasteiger partial charge is 0.378 e. The molecule has 2 N–H and O–H groups in total. The van der Waals surface area contributed by atoms with Gasteiger partial charge in [0.05, 0.1) is 18.8 Å². The number of hydrogen-bond acceptors (Lipinski definition) is 3. The third kappa shape index (κ3) is 7.36. The number of alkyl halides is 3. The van der Waals surface area contributed by atoms with E-state index >= 15 is 0 Å². The molecule has 27 heavy (non-hydrogen) atoms. The molecule has 0 saturated carbocycles. The molecule has 5 nitrogen and oxygen atoms in total. The molecule has 1 aliphatic rings. The Morgan fingerprint density at radius 2 is 1.89 bits per heavy atom. The van der Waals surface area contributed by atoms with Gasteiger partial charge in [-0.15, -0.1) is 24.0 Å². The first kappa shape index (κ1) is 23.8. The number of guanidine groups is 1. The fourth-order valence-electron chi connectivity index (χ4n) is 2.70. The summed E-state index contributed by atoms with van der Waals surface area (Å²) in [6, 6.07) is 4.50. The van der Waals surface area contributed by atoms with Gasteiger partial charge in [0.15, 0.2) is 5.96 Å². The Labute approximate surface area is 175 Å². The van der Waals surface area contributed by atoms with Crippen LogP contribution in [-0.4, -0.2) is 45.9 Å². The van der Waals surface area contributed by atoms with E-state index in [-0.39, 0.29) is 36.1 Å². The number of rotatable bonds is 5. The monoisotopic (exact) mass is 500 g/mol. The third-order valence-corrected chi connectivity index (χ3v) is 4.12. The lowest BCUT2D eigenvalue weighted by molar-refractivity contribution is -0.138. The molecule has 1 saturated heterocycles. The number of hydrogen-bond donors (Lipinski definition) is 2. The molecule has 0 aromatic heterocycles. The molecule has 9 heteroatoms. The van der Waals surface area contributed by atoms with Crippen molar-refractivity contribution in [3.8, 4) is 0 Å². The summed E-state index contributed by atoms with van der Waals surface area (Å²) in [5.41, 5.74) is 0.155. The minimum atomic E-state index is -4.41. The highest BCUT2D eigenvalue weighted by Gasteiger charge is 2.34. The first-order valence-corrected chi connectivity index (χ1v) is 8.78. The predicted octanol–water partition coefficient (Wildman–Crippen LogP) is 3.48. The zero-order chi connectivity index (χ0) is 19.2. The van der Waals surface area contributed by atoms with Crippen molar-refractivity contribution < 1.29 is 17.9 Å². The minimum Gasteiger partial charge on any atom is -0.378 e. The molecular weight excluding hydrogens is 472 g/mol. The summed E-state index contributed by atoms with van der Waals surface area (Å²) in [6.45, 7) is 7.10. The maximum Gasteiger partial charge on any atom is 0.416 e. The molecule has 0 spiro atoms. The van der Waals surface area contributed by atoms with Crippen LogP contribution in [0.15, 0.2) is 23.2 Å². The van der Waals surface area contributed by atoms with Crippen LogP contribution in [0.5, 0.6) is 0 Å². The molecule has 0 aliphatic carbocycles. The van der Waals surface area contributed by atoms with Crippen LogP contribution in [0.25, 0.3) is 0 Å². The Balaban J connectivity index is 0.00000364. The molecular formula is C18H28F3IN4O. The van der Waals surface area contributed by atoms with Crippen LogP contribution >= 0.6 is 24.0 Å². The van der Waals surface area contributed by atoms with Crippen LogP contribution < -0.4 is 15.5 Å². The second-order valence-corrected chi connectivity index (χ2v) is 6.64. The number of halogens is 4. The molecule has 0 bridgehead atoms. The summed E-state index contributed by atoms with van der Waals surface area (Å²) in [6.07, 6.45) is -4.41. The molecule has 1 aromatic carbocycles. The van der Waals surface area contributed by atoms with Crippen LogP contribution in [0.3, 0.4) is 0 Å². The molecule has 0 radical (unpaired) electrons. The zero-order valence-corrected chi connectivity index (χ0v) is 18.2. The molecule has 1 heterocycles. The topological polar surface area (TPSA) is 48.9 Å². The summed E-state index contributed by atoms with van der Waals surface area (Å²) in [5.74, 6) is 0.899. The Kier molecular flexibility index (Phi) is 9.65. The van der Waals surface area contributed by atoms with E-state index in [1.807, 2.05) is 18.7 Å². The zero-order valence-electron chi connectivity index (χ0n) is 15.9. The van der Waals surface area contributed by atoms with Crippen LogP contribution in [0.1, 0.15) is 25.0 Å². The Hall–Kier alpha value is -1.23. The van der Waals surface area contributed by atoms with Crippen molar-refractivity contribution >= 4 is 35.6 Å². The molecule has 1 aliphatic heterocycles. The van der Waals surface area contributed by atoms with E-state index < -0.39 is 11.7 Å². The van der Waals surface area contributed by atoms with E-state index in [1.54, 1.807) is 13.1 Å². The third-order valence-electron chi connectivity index (χ3n) is 4.12. The van der Waals surface area contributed by atoms with Crippen molar-refractivity contribution in [1.29, 1.82) is 0 Å². The molecule has 1 aromatic rings. The van der Waals surface area contributed by atoms with E-state index in [1.165, 1.54) is 12.1 Å². The highest BCUT2D eigenvalue weighted by molar-refractivity contribution is 14.0. The van der Waals surface area contributed by atoms with Gasteiger partial charge in [0.2, 0.25) is 0 Å².